The third kappa shape index (κ3) is 3.10. The summed E-state index contributed by atoms with van der Waals surface area (Å²) in [5.41, 5.74) is -0.845. The van der Waals surface area contributed by atoms with Gasteiger partial charge in [0.2, 0.25) is 0 Å². The lowest BCUT2D eigenvalue weighted by Crippen LogP contribution is -2.41. The van der Waals surface area contributed by atoms with Gasteiger partial charge in [-0.25, -0.2) is 9.18 Å². The van der Waals surface area contributed by atoms with E-state index in [0.29, 0.717) is 0 Å². The summed E-state index contributed by atoms with van der Waals surface area (Å²) >= 11 is 0. The van der Waals surface area contributed by atoms with E-state index in [1.54, 1.807) is 19.1 Å². The number of ether oxygens (including phenoxy) is 1. The number of carbonyl (C=O) groups excluding carboxylic acids is 1. The van der Waals surface area contributed by atoms with Gasteiger partial charge in [0.1, 0.15) is 5.82 Å². The van der Waals surface area contributed by atoms with Gasteiger partial charge < -0.3 is 14.0 Å². The molecule has 0 aliphatic carbocycles. The summed E-state index contributed by atoms with van der Waals surface area (Å²) in [6.45, 7) is 9.47. The summed E-state index contributed by atoms with van der Waals surface area (Å²) in [5.74, 6) is -0.589. The van der Waals surface area contributed by atoms with Gasteiger partial charge in [-0.15, -0.1) is 0 Å². The molecule has 0 spiro atoms. The van der Waals surface area contributed by atoms with Crippen LogP contribution in [0, 0.1) is 5.82 Å². The van der Waals surface area contributed by atoms with E-state index >= 15 is 0 Å². The second kappa shape index (κ2) is 5.89. The van der Waals surface area contributed by atoms with E-state index in [0.717, 1.165) is 0 Å². The molecular formula is C15H21BFNO4. The maximum absolute atomic E-state index is 14.6. The smallest absolute Gasteiger partial charge is 0.450 e. The number of nitrogens with one attached hydrogen (secondary N) is 1. The number of rotatable bonds is 3. The lowest BCUT2D eigenvalue weighted by molar-refractivity contribution is 0.00578. The molecule has 120 valence electrons. The van der Waals surface area contributed by atoms with Crippen molar-refractivity contribution in [1.29, 1.82) is 0 Å². The van der Waals surface area contributed by atoms with E-state index in [1.807, 2.05) is 27.7 Å². The molecule has 1 aliphatic heterocycles. The molecule has 0 saturated carbocycles. The fourth-order valence-corrected chi connectivity index (χ4v) is 2.08. The average molecular weight is 309 g/mol. The predicted octanol–water partition coefficient (Wildman–Crippen LogP) is 2.69. The van der Waals surface area contributed by atoms with E-state index in [9.17, 15) is 9.18 Å². The molecule has 1 fully saturated rings. The fourth-order valence-electron chi connectivity index (χ4n) is 2.08. The van der Waals surface area contributed by atoms with Crippen LogP contribution in [0.3, 0.4) is 0 Å². The first-order valence-corrected chi connectivity index (χ1v) is 7.26. The molecule has 7 heteroatoms. The molecule has 1 N–H and O–H groups in total. The van der Waals surface area contributed by atoms with E-state index in [4.69, 9.17) is 14.0 Å². The number of hydrogen-bond donors (Lipinski definition) is 1. The van der Waals surface area contributed by atoms with Gasteiger partial charge in [-0.3, -0.25) is 5.32 Å². The molecule has 1 heterocycles. The third-order valence-corrected chi connectivity index (χ3v) is 4.05. The Balaban J connectivity index is 2.25. The SMILES string of the molecule is CCOC(=O)Nc1cccc(B2OC(C)(C)C(C)(C)O2)c1F. The summed E-state index contributed by atoms with van der Waals surface area (Å²) in [4.78, 5) is 11.4. The van der Waals surface area contributed by atoms with Crippen LogP contribution in [0.25, 0.3) is 0 Å². The van der Waals surface area contributed by atoms with Gasteiger partial charge in [0.05, 0.1) is 23.5 Å². The van der Waals surface area contributed by atoms with Crippen molar-refractivity contribution in [3.8, 4) is 0 Å². The van der Waals surface area contributed by atoms with Gasteiger partial charge in [0.15, 0.2) is 0 Å². The molecule has 2 rings (SSSR count). The molecule has 0 unspecified atom stereocenters. The van der Waals surface area contributed by atoms with Crippen LogP contribution < -0.4 is 10.8 Å². The Hall–Kier alpha value is -1.60. The molecule has 1 aliphatic rings. The zero-order chi connectivity index (χ0) is 16.5. The number of anilines is 1. The lowest BCUT2D eigenvalue weighted by atomic mass is 9.78. The zero-order valence-electron chi connectivity index (χ0n) is 13.5. The van der Waals surface area contributed by atoms with Crippen molar-refractivity contribution in [1.82, 2.24) is 0 Å². The summed E-state index contributed by atoms with van der Waals surface area (Å²) in [7, 11) is -0.825. The van der Waals surface area contributed by atoms with Crippen molar-refractivity contribution < 1.29 is 23.2 Å². The third-order valence-electron chi connectivity index (χ3n) is 4.05. The first-order valence-electron chi connectivity index (χ1n) is 7.26. The standard InChI is InChI=1S/C15H21BFNO4/c1-6-20-13(19)18-11-9-7-8-10(12(11)17)16-21-14(2,3)15(4,5)22-16/h7-9H,6H2,1-5H3,(H,18,19). The summed E-state index contributed by atoms with van der Waals surface area (Å²) in [5, 5.41) is 2.37. The molecule has 22 heavy (non-hydrogen) atoms. The second-order valence-corrected chi connectivity index (χ2v) is 6.14. The first-order chi connectivity index (χ1) is 10.2. The van der Waals surface area contributed by atoms with Crippen molar-refractivity contribution in [3.63, 3.8) is 0 Å². The van der Waals surface area contributed by atoms with Gasteiger partial charge in [-0.2, -0.15) is 0 Å². The minimum atomic E-state index is -0.825. The average Bonchev–Trinajstić information content (AvgIpc) is 2.61. The fraction of sp³-hybridized carbons (Fsp3) is 0.533. The van der Waals surface area contributed by atoms with Gasteiger partial charge in [-0.05, 0) is 40.7 Å². The number of halogens is 1. The minimum Gasteiger partial charge on any atom is -0.450 e. The van der Waals surface area contributed by atoms with Crippen molar-refractivity contribution in [2.24, 2.45) is 0 Å². The Labute approximate surface area is 130 Å². The molecule has 1 aromatic carbocycles. The Bertz CT molecular complexity index is 561. The van der Waals surface area contributed by atoms with Crippen molar-refractivity contribution >= 4 is 24.4 Å². The van der Waals surface area contributed by atoms with Crippen LogP contribution in [-0.2, 0) is 14.0 Å². The predicted molar refractivity (Wildman–Crippen MR) is 82.8 cm³/mol. The highest BCUT2D eigenvalue weighted by Crippen LogP contribution is 2.36. The van der Waals surface area contributed by atoms with Crippen LogP contribution in [0.1, 0.15) is 34.6 Å². The van der Waals surface area contributed by atoms with Crippen LogP contribution in [0.4, 0.5) is 14.9 Å². The summed E-state index contributed by atoms with van der Waals surface area (Å²) < 4.78 is 31.0. The molecule has 0 atom stereocenters. The molecular weight excluding hydrogens is 288 g/mol. The van der Waals surface area contributed by atoms with E-state index in [2.05, 4.69) is 5.32 Å². The van der Waals surface area contributed by atoms with Crippen molar-refractivity contribution in [3.05, 3.63) is 24.0 Å². The number of benzene rings is 1. The normalized spacial score (nSPS) is 19.1. The van der Waals surface area contributed by atoms with Crippen molar-refractivity contribution in [2.75, 3.05) is 11.9 Å². The topological polar surface area (TPSA) is 56.8 Å². The number of amides is 1. The molecule has 1 amide bonds. The van der Waals surface area contributed by atoms with Gasteiger partial charge in [0.25, 0.3) is 0 Å². The van der Waals surface area contributed by atoms with Crippen LogP contribution in [0.2, 0.25) is 0 Å². The number of hydrogen-bond acceptors (Lipinski definition) is 4. The van der Waals surface area contributed by atoms with Crippen molar-refractivity contribution in [2.45, 2.75) is 45.8 Å². The second-order valence-electron chi connectivity index (χ2n) is 6.14. The van der Waals surface area contributed by atoms with Crippen LogP contribution in [0.15, 0.2) is 18.2 Å². The molecule has 5 nitrogen and oxygen atoms in total. The Morgan fingerprint density at radius 3 is 2.41 bits per heavy atom. The number of carbonyl (C=O) groups is 1. The van der Waals surface area contributed by atoms with E-state index in [-0.39, 0.29) is 17.8 Å². The van der Waals surface area contributed by atoms with E-state index < -0.39 is 30.2 Å². The highest BCUT2D eigenvalue weighted by atomic mass is 19.1. The van der Waals surface area contributed by atoms with E-state index in [1.165, 1.54) is 6.07 Å². The Kier molecular flexibility index (Phi) is 4.49. The Morgan fingerprint density at radius 2 is 1.86 bits per heavy atom. The highest BCUT2D eigenvalue weighted by Gasteiger charge is 2.52. The molecule has 0 bridgehead atoms. The zero-order valence-corrected chi connectivity index (χ0v) is 13.5. The maximum Gasteiger partial charge on any atom is 0.497 e. The summed E-state index contributed by atoms with van der Waals surface area (Å²) in [6.07, 6.45) is -0.701. The molecule has 0 radical (unpaired) electrons. The largest absolute Gasteiger partial charge is 0.497 e. The van der Waals surface area contributed by atoms with Gasteiger partial charge in [-0.1, -0.05) is 12.1 Å². The first kappa shape index (κ1) is 16.8. The quantitative estimate of drug-likeness (QED) is 0.872. The molecule has 1 aromatic rings. The van der Waals surface area contributed by atoms with Gasteiger partial charge in [0, 0.05) is 5.46 Å². The Morgan fingerprint density at radius 1 is 1.27 bits per heavy atom. The lowest BCUT2D eigenvalue weighted by Gasteiger charge is -2.32. The molecule has 0 aromatic heterocycles. The monoisotopic (exact) mass is 309 g/mol. The van der Waals surface area contributed by atoms with Crippen LogP contribution >= 0.6 is 0 Å². The highest BCUT2D eigenvalue weighted by molar-refractivity contribution is 6.62. The maximum atomic E-state index is 14.6. The van der Waals surface area contributed by atoms with Gasteiger partial charge >= 0.3 is 13.2 Å². The van der Waals surface area contributed by atoms with Crippen LogP contribution in [0.5, 0.6) is 0 Å². The minimum absolute atomic E-state index is 0.0330. The molecule has 1 saturated heterocycles. The van der Waals surface area contributed by atoms with Crippen LogP contribution in [-0.4, -0.2) is 31.0 Å². The summed E-state index contributed by atoms with van der Waals surface area (Å²) in [6, 6.07) is 4.67.